The molecule has 0 aliphatic carbocycles. The molecule has 3 N–H and O–H groups in total. The normalized spacial score (nSPS) is 10.6. The molecule has 1 amide bonds. The van der Waals surface area contributed by atoms with Gasteiger partial charge in [0.1, 0.15) is 12.1 Å². The zero-order chi connectivity index (χ0) is 17.6. The van der Waals surface area contributed by atoms with Gasteiger partial charge >= 0.3 is 5.69 Å². The highest BCUT2D eigenvalue weighted by Crippen LogP contribution is 2.12. The maximum atomic E-state index is 12.1. The van der Waals surface area contributed by atoms with Crippen molar-refractivity contribution in [3.05, 3.63) is 69.1 Å². The van der Waals surface area contributed by atoms with Crippen LogP contribution in [-0.4, -0.2) is 36.4 Å². The lowest BCUT2D eigenvalue weighted by Gasteiger charge is -2.12. The van der Waals surface area contributed by atoms with Gasteiger partial charge in [0.05, 0.1) is 12.3 Å². The van der Waals surface area contributed by atoms with Crippen molar-refractivity contribution in [1.82, 2.24) is 24.7 Å². The van der Waals surface area contributed by atoms with E-state index in [0.29, 0.717) is 5.16 Å². The van der Waals surface area contributed by atoms with Crippen LogP contribution in [0.4, 0.5) is 5.82 Å². The Morgan fingerprint density at radius 1 is 1.24 bits per heavy atom. The molecule has 3 aromatic rings. The van der Waals surface area contributed by atoms with Crippen molar-refractivity contribution >= 4 is 23.5 Å². The molecule has 0 spiro atoms. The van der Waals surface area contributed by atoms with E-state index in [2.05, 4.69) is 25.5 Å². The molecule has 0 unspecified atom stereocenters. The summed E-state index contributed by atoms with van der Waals surface area (Å²) in [5.74, 6) is -0.171. The summed E-state index contributed by atoms with van der Waals surface area (Å²) in [6.07, 6.45) is 1.34. The smallest absolute Gasteiger partial charge is 0.311 e. The van der Waals surface area contributed by atoms with E-state index in [1.165, 1.54) is 17.0 Å². The van der Waals surface area contributed by atoms with Crippen LogP contribution in [0, 0.1) is 0 Å². The van der Waals surface area contributed by atoms with Crippen LogP contribution in [-0.2, 0) is 11.3 Å². The lowest BCUT2D eigenvalue weighted by Crippen LogP contribution is -2.33. The van der Waals surface area contributed by atoms with E-state index in [1.54, 1.807) is 0 Å². The summed E-state index contributed by atoms with van der Waals surface area (Å²) in [5.41, 5.74) is -0.301. The Kier molecular flexibility index (Phi) is 5.09. The number of anilines is 1. The first-order valence-corrected chi connectivity index (χ1v) is 8.26. The van der Waals surface area contributed by atoms with Gasteiger partial charge in [-0.15, -0.1) is 0 Å². The van der Waals surface area contributed by atoms with Crippen LogP contribution in [0.1, 0.15) is 5.56 Å². The fourth-order valence-electron chi connectivity index (χ4n) is 2.12. The molecule has 3 rings (SSSR count). The van der Waals surface area contributed by atoms with Crippen molar-refractivity contribution in [2.45, 2.75) is 11.7 Å². The summed E-state index contributed by atoms with van der Waals surface area (Å²) < 4.78 is 1.30. The van der Waals surface area contributed by atoms with Gasteiger partial charge in [0, 0.05) is 6.07 Å². The Morgan fingerprint density at radius 3 is 2.76 bits per heavy atom. The highest BCUT2D eigenvalue weighted by Gasteiger charge is 2.11. The predicted molar refractivity (Wildman–Crippen MR) is 92.6 cm³/mol. The maximum absolute atomic E-state index is 12.1. The minimum Gasteiger partial charge on any atom is -0.311 e. The number of rotatable bonds is 6. The zero-order valence-electron chi connectivity index (χ0n) is 12.9. The number of benzene rings is 1. The van der Waals surface area contributed by atoms with Crippen LogP contribution in [0.25, 0.3) is 0 Å². The van der Waals surface area contributed by atoms with Crippen LogP contribution in [0.5, 0.6) is 0 Å². The lowest BCUT2D eigenvalue weighted by atomic mass is 10.2. The summed E-state index contributed by atoms with van der Waals surface area (Å²) in [6, 6.07) is 10.4. The number of nitrogens with one attached hydrogen (secondary N) is 3. The van der Waals surface area contributed by atoms with Gasteiger partial charge in [-0.25, -0.2) is 9.78 Å². The molecule has 0 atom stereocenters. The van der Waals surface area contributed by atoms with E-state index >= 15 is 0 Å². The summed E-state index contributed by atoms with van der Waals surface area (Å²) in [6.45, 7) is 0.224. The summed E-state index contributed by atoms with van der Waals surface area (Å²) in [7, 11) is 0. The molecule has 0 radical (unpaired) electrons. The Hall–Kier alpha value is -3.14. The van der Waals surface area contributed by atoms with Gasteiger partial charge in [-0.2, -0.15) is 5.10 Å². The predicted octanol–water partition coefficient (Wildman–Crippen LogP) is 0.434. The molecule has 2 aromatic heterocycles. The van der Waals surface area contributed by atoms with Crippen LogP contribution in [0.2, 0.25) is 0 Å². The Morgan fingerprint density at radius 2 is 2.04 bits per heavy atom. The van der Waals surface area contributed by atoms with Crippen molar-refractivity contribution in [1.29, 1.82) is 0 Å². The Labute approximate surface area is 145 Å². The second-order valence-corrected chi connectivity index (χ2v) is 5.99. The van der Waals surface area contributed by atoms with Crippen molar-refractivity contribution in [3.8, 4) is 0 Å². The molecule has 0 saturated heterocycles. The standard InChI is InChI=1S/C15H14N6O3S/c22-12-6-11(18-13(23)8-25-14-16-9-17-20-14)21(15(24)19-12)7-10-4-2-1-3-5-10/h1-6,9H,7-8H2,(H,18,23)(H,16,17,20)(H,19,22,24). The SMILES string of the molecule is O=C(CSc1ncn[nH]1)Nc1cc(=O)[nH]c(=O)n1Cc1ccccc1. The summed E-state index contributed by atoms with van der Waals surface area (Å²) >= 11 is 1.16. The molecule has 2 heterocycles. The van der Waals surface area contributed by atoms with E-state index in [9.17, 15) is 14.4 Å². The molecule has 0 bridgehead atoms. The van der Waals surface area contributed by atoms with E-state index in [4.69, 9.17) is 0 Å². The Bertz CT molecular complexity index is 965. The van der Waals surface area contributed by atoms with Crippen molar-refractivity contribution in [2.24, 2.45) is 0 Å². The number of hydrogen-bond acceptors (Lipinski definition) is 6. The third-order valence-corrected chi connectivity index (χ3v) is 4.09. The van der Waals surface area contributed by atoms with Crippen molar-refractivity contribution < 1.29 is 4.79 Å². The largest absolute Gasteiger partial charge is 0.330 e. The number of aromatic nitrogens is 5. The Balaban J connectivity index is 1.78. The van der Waals surface area contributed by atoms with Crippen LogP contribution in [0.15, 0.2) is 57.5 Å². The number of H-pyrrole nitrogens is 2. The van der Waals surface area contributed by atoms with Gasteiger partial charge in [-0.1, -0.05) is 42.1 Å². The monoisotopic (exact) mass is 358 g/mol. The molecule has 25 heavy (non-hydrogen) atoms. The number of carbonyl (C=O) groups is 1. The molecule has 10 heteroatoms. The van der Waals surface area contributed by atoms with E-state index in [-0.39, 0.29) is 24.0 Å². The number of thioether (sulfide) groups is 1. The van der Waals surface area contributed by atoms with Gasteiger partial charge in [0.25, 0.3) is 5.56 Å². The van der Waals surface area contributed by atoms with Crippen LogP contribution >= 0.6 is 11.8 Å². The molecule has 0 aliphatic heterocycles. The van der Waals surface area contributed by atoms with Gasteiger partial charge < -0.3 is 5.32 Å². The van der Waals surface area contributed by atoms with Crippen LogP contribution in [0.3, 0.4) is 0 Å². The highest BCUT2D eigenvalue weighted by molar-refractivity contribution is 7.99. The minimum atomic E-state index is -0.588. The van der Waals surface area contributed by atoms with Gasteiger partial charge in [-0.3, -0.25) is 24.2 Å². The molecular weight excluding hydrogens is 344 g/mol. The third-order valence-electron chi connectivity index (χ3n) is 3.22. The molecule has 128 valence electrons. The number of hydrogen-bond donors (Lipinski definition) is 3. The van der Waals surface area contributed by atoms with Gasteiger partial charge in [0.15, 0.2) is 5.16 Å². The zero-order valence-corrected chi connectivity index (χ0v) is 13.7. The number of amides is 1. The molecule has 1 aromatic carbocycles. The topological polar surface area (TPSA) is 126 Å². The summed E-state index contributed by atoms with van der Waals surface area (Å²) in [5, 5.41) is 9.42. The van der Waals surface area contributed by atoms with E-state index < -0.39 is 11.2 Å². The van der Waals surface area contributed by atoms with Crippen molar-refractivity contribution in [3.63, 3.8) is 0 Å². The molecular formula is C15H14N6O3S. The minimum absolute atomic E-state index is 0.0571. The second kappa shape index (κ2) is 7.62. The fourth-order valence-corrected chi connectivity index (χ4v) is 2.70. The first kappa shape index (κ1) is 16.7. The highest BCUT2D eigenvalue weighted by atomic mass is 32.2. The van der Waals surface area contributed by atoms with Gasteiger partial charge in [0.2, 0.25) is 5.91 Å². The van der Waals surface area contributed by atoms with E-state index in [1.807, 2.05) is 30.3 Å². The third kappa shape index (κ3) is 4.44. The van der Waals surface area contributed by atoms with Gasteiger partial charge in [-0.05, 0) is 5.56 Å². The van der Waals surface area contributed by atoms with Crippen LogP contribution < -0.4 is 16.6 Å². The number of nitrogens with zero attached hydrogens (tertiary/aromatic N) is 3. The van der Waals surface area contributed by atoms with E-state index in [0.717, 1.165) is 17.3 Å². The maximum Gasteiger partial charge on any atom is 0.330 e. The quantitative estimate of drug-likeness (QED) is 0.549. The summed E-state index contributed by atoms with van der Waals surface area (Å²) in [4.78, 5) is 41.9. The molecule has 0 fully saturated rings. The molecule has 9 nitrogen and oxygen atoms in total. The fraction of sp³-hybridized carbons (Fsp3) is 0.133. The lowest BCUT2D eigenvalue weighted by molar-refractivity contribution is -0.113. The molecule has 0 saturated carbocycles. The second-order valence-electron chi connectivity index (χ2n) is 5.02. The average Bonchev–Trinajstić information content (AvgIpc) is 3.10. The first-order chi connectivity index (χ1) is 12.1. The van der Waals surface area contributed by atoms with Crippen molar-refractivity contribution in [2.75, 3.05) is 11.1 Å². The number of aromatic amines is 2. The average molecular weight is 358 g/mol. The first-order valence-electron chi connectivity index (χ1n) is 7.28. The number of carbonyl (C=O) groups excluding carboxylic acids is 1. The molecule has 0 aliphatic rings.